The molecule has 0 radical (unpaired) electrons. The van der Waals surface area contributed by atoms with E-state index >= 15 is 0 Å². The lowest BCUT2D eigenvalue weighted by Gasteiger charge is -2.31. The maximum absolute atomic E-state index is 3.99. The molecule has 3 aromatic rings. The van der Waals surface area contributed by atoms with Crippen molar-refractivity contribution in [2.75, 3.05) is 0 Å². The van der Waals surface area contributed by atoms with Gasteiger partial charge in [-0.2, -0.15) is 0 Å². The van der Waals surface area contributed by atoms with Crippen molar-refractivity contribution in [3.63, 3.8) is 0 Å². The third kappa shape index (κ3) is 6.23. The summed E-state index contributed by atoms with van der Waals surface area (Å²) in [5.74, 6) is 8.60. The maximum atomic E-state index is 3.99. The van der Waals surface area contributed by atoms with Crippen LogP contribution in [0.2, 0.25) is 0 Å². The number of hydrogen-bond donors (Lipinski definition) is 0. The molecule has 0 nitrogen and oxygen atoms in total. The Kier molecular flexibility index (Phi) is 9.15. The first-order chi connectivity index (χ1) is 18.3. The van der Waals surface area contributed by atoms with Crippen molar-refractivity contribution < 1.29 is 0 Å². The van der Waals surface area contributed by atoms with Gasteiger partial charge in [-0.05, 0) is 88.2 Å². The van der Waals surface area contributed by atoms with Gasteiger partial charge < -0.3 is 0 Å². The minimum Gasteiger partial charge on any atom is -0.0992 e. The lowest BCUT2D eigenvalue weighted by atomic mass is 9.89. The zero-order valence-electron chi connectivity index (χ0n) is 24.1. The smallest absolute Gasteiger partial charge is 0.0992 e. The van der Waals surface area contributed by atoms with Crippen molar-refractivity contribution in [3.8, 4) is 22.9 Å². The molecule has 0 saturated heterocycles. The Morgan fingerprint density at radius 3 is 1.76 bits per heavy atom. The van der Waals surface area contributed by atoms with E-state index < -0.39 is 8.07 Å². The van der Waals surface area contributed by atoms with Gasteiger partial charge in [0, 0.05) is 5.56 Å². The van der Waals surface area contributed by atoms with E-state index in [0.717, 1.165) is 18.4 Å². The molecule has 0 bridgehead atoms. The second-order valence-corrected chi connectivity index (χ2v) is 14.6. The zero-order chi connectivity index (χ0) is 27.1. The number of rotatable bonds is 5. The molecule has 0 aromatic heterocycles. The highest BCUT2D eigenvalue weighted by Gasteiger charge is 2.40. The average Bonchev–Trinajstić information content (AvgIpc) is 2.94. The molecular formula is C37H42Si. The highest BCUT2D eigenvalue weighted by Crippen LogP contribution is 2.29. The number of allylic oxidation sites excluding steroid dienone is 2. The predicted octanol–water partition coefficient (Wildman–Crippen LogP) is 8.25. The minimum absolute atomic E-state index is 0.381. The molecule has 0 saturated carbocycles. The Balaban J connectivity index is 2.15. The highest BCUT2D eigenvalue weighted by atomic mass is 28.3. The number of hydrogen-bond acceptors (Lipinski definition) is 0. The summed E-state index contributed by atoms with van der Waals surface area (Å²) >= 11 is 0. The summed E-state index contributed by atoms with van der Waals surface area (Å²) in [6, 6.07) is 26.4. The van der Waals surface area contributed by atoms with Crippen molar-refractivity contribution in [1.82, 2.24) is 0 Å². The monoisotopic (exact) mass is 514 g/mol. The Hall–Kier alpha value is -3.26. The van der Waals surface area contributed by atoms with Gasteiger partial charge in [-0.25, -0.2) is 0 Å². The normalized spacial score (nSPS) is 14.8. The summed E-state index contributed by atoms with van der Waals surface area (Å²) < 4.78 is 0. The van der Waals surface area contributed by atoms with Gasteiger partial charge in [0.2, 0.25) is 0 Å². The molecular weight excluding hydrogens is 472 g/mol. The van der Waals surface area contributed by atoms with Crippen LogP contribution in [-0.4, -0.2) is 8.07 Å². The third-order valence-electron chi connectivity index (χ3n) is 7.58. The van der Waals surface area contributed by atoms with Crippen molar-refractivity contribution in [2.45, 2.75) is 85.0 Å². The Morgan fingerprint density at radius 2 is 1.24 bits per heavy atom. The molecule has 38 heavy (non-hydrogen) atoms. The summed E-state index contributed by atoms with van der Waals surface area (Å²) in [5.41, 5.74) is 14.5. The lowest BCUT2D eigenvalue weighted by molar-refractivity contribution is 0.715. The topological polar surface area (TPSA) is 0 Å². The third-order valence-corrected chi connectivity index (χ3v) is 11.1. The van der Waals surface area contributed by atoms with Crippen LogP contribution in [0.1, 0.15) is 107 Å². The predicted molar refractivity (Wildman–Crippen MR) is 168 cm³/mol. The SMILES string of the molecule is CC(C)c1cc(C(C)C)c([Si](C#CC2=CCCCC2)(C#Cc2ccccc2)c2ccccc2)c(C(C)C)c1. The first kappa shape index (κ1) is 27.8. The van der Waals surface area contributed by atoms with Crippen molar-refractivity contribution in [3.05, 3.63) is 107 Å². The first-order valence-corrected chi connectivity index (χ1v) is 16.4. The summed E-state index contributed by atoms with van der Waals surface area (Å²) in [6.45, 7) is 13.9. The van der Waals surface area contributed by atoms with Gasteiger partial charge in [-0.15, -0.1) is 0 Å². The van der Waals surface area contributed by atoms with Crippen molar-refractivity contribution >= 4 is 18.4 Å². The summed E-state index contributed by atoms with van der Waals surface area (Å²) in [4.78, 5) is 0. The molecule has 0 fully saturated rings. The van der Waals surface area contributed by atoms with Gasteiger partial charge >= 0.3 is 0 Å². The van der Waals surface area contributed by atoms with E-state index in [2.05, 4.69) is 143 Å². The molecule has 1 atom stereocenters. The molecule has 1 aliphatic rings. The second-order valence-electron chi connectivity index (χ2n) is 11.5. The van der Waals surface area contributed by atoms with Gasteiger partial charge in [0.1, 0.15) is 0 Å². The fraction of sp³-hybridized carbons (Fsp3) is 0.351. The van der Waals surface area contributed by atoms with Gasteiger partial charge in [0.05, 0.1) is 0 Å². The summed E-state index contributed by atoms with van der Waals surface area (Å²) in [5, 5.41) is 2.71. The number of benzene rings is 3. The molecule has 0 aliphatic heterocycles. The molecule has 0 amide bonds. The maximum Gasteiger partial charge on any atom is 0.277 e. The van der Waals surface area contributed by atoms with Gasteiger partial charge in [-0.1, -0.05) is 131 Å². The Morgan fingerprint density at radius 1 is 0.658 bits per heavy atom. The molecule has 1 unspecified atom stereocenters. The lowest BCUT2D eigenvalue weighted by Crippen LogP contribution is -2.60. The largest absolute Gasteiger partial charge is 0.277 e. The van der Waals surface area contributed by atoms with Crippen molar-refractivity contribution in [2.24, 2.45) is 0 Å². The van der Waals surface area contributed by atoms with Gasteiger partial charge in [-0.3, -0.25) is 0 Å². The van der Waals surface area contributed by atoms with E-state index in [1.807, 2.05) is 0 Å². The van der Waals surface area contributed by atoms with E-state index in [-0.39, 0.29) is 0 Å². The quantitative estimate of drug-likeness (QED) is 0.237. The average molecular weight is 515 g/mol. The Labute approximate surface area is 232 Å². The first-order valence-electron chi connectivity index (χ1n) is 14.4. The fourth-order valence-electron chi connectivity index (χ4n) is 5.34. The van der Waals surface area contributed by atoms with Gasteiger partial charge in [0.15, 0.2) is 0 Å². The van der Waals surface area contributed by atoms with E-state index in [4.69, 9.17) is 0 Å². The van der Waals surface area contributed by atoms with Crippen LogP contribution < -0.4 is 10.4 Å². The van der Waals surface area contributed by atoms with Crippen molar-refractivity contribution in [1.29, 1.82) is 0 Å². The van der Waals surface area contributed by atoms with E-state index in [1.165, 1.54) is 45.5 Å². The van der Waals surface area contributed by atoms with Crippen LogP contribution in [0.15, 0.2) is 84.4 Å². The van der Waals surface area contributed by atoms with Crippen LogP contribution in [0.25, 0.3) is 0 Å². The fourth-order valence-corrected chi connectivity index (χ4v) is 9.18. The van der Waals surface area contributed by atoms with E-state index in [9.17, 15) is 0 Å². The van der Waals surface area contributed by atoms with E-state index in [0.29, 0.717) is 17.8 Å². The molecule has 0 N–H and O–H groups in total. The standard InChI is InChI=1S/C37H42Si/c1-28(2)33-26-35(29(3)4)37(36(27-33)30(5)6)38(34-20-14-9-15-21-34,24-22-31-16-10-7-11-17-31)25-23-32-18-12-8-13-19-32/h7,9-11,14-18,20-21,26-30H,8,12-13,19H2,1-6H3. The molecule has 0 spiro atoms. The molecule has 3 aromatic carbocycles. The van der Waals surface area contributed by atoms with Crippen LogP contribution >= 0.6 is 0 Å². The molecule has 0 heterocycles. The van der Waals surface area contributed by atoms with Crippen LogP contribution in [-0.2, 0) is 0 Å². The summed E-state index contributed by atoms with van der Waals surface area (Å²) in [6.07, 6.45) is 7.08. The molecule has 1 aliphatic carbocycles. The zero-order valence-corrected chi connectivity index (χ0v) is 25.1. The van der Waals surface area contributed by atoms with Gasteiger partial charge in [0.25, 0.3) is 8.07 Å². The molecule has 4 rings (SSSR count). The van der Waals surface area contributed by atoms with Crippen LogP contribution in [0.5, 0.6) is 0 Å². The van der Waals surface area contributed by atoms with Crippen LogP contribution in [0, 0.1) is 22.9 Å². The Bertz CT molecular complexity index is 1360. The minimum atomic E-state index is -2.85. The highest BCUT2D eigenvalue weighted by molar-refractivity contribution is 7.14. The molecule has 1 heteroatoms. The van der Waals surface area contributed by atoms with E-state index in [1.54, 1.807) is 0 Å². The second kappa shape index (κ2) is 12.5. The molecule has 194 valence electrons. The van der Waals surface area contributed by atoms with Crippen LogP contribution in [0.3, 0.4) is 0 Å². The summed E-state index contributed by atoms with van der Waals surface area (Å²) in [7, 11) is -2.85. The van der Waals surface area contributed by atoms with Crippen LogP contribution in [0.4, 0.5) is 0 Å².